The second-order valence-electron chi connectivity index (χ2n) is 4.19. The summed E-state index contributed by atoms with van der Waals surface area (Å²) < 4.78 is 5.19. The van der Waals surface area contributed by atoms with Gasteiger partial charge in [0.15, 0.2) is 5.16 Å². The van der Waals surface area contributed by atoms with Crippen molar-refractivity contribution in [1.29, 1.82) is 0 Å². The lowest BCUT2D eigenvalue weighted by Crippen LogP contribution is -1.98. The van der Waals surface area contributed by atoms with Gasteiger partial charge in [0.05, 0.1) is 11.0 Å². The van der Waals surface area contributed by atoms with Crippen LogP contribution in [0.2, 0.25) is 0 Å². The number of para-hydroxylation sites is 2. The van der Waals surface area contributed by atoms with Crippen LogP contribution in [0, 0.1) is 0 Å². The maximum Gasteiger partial charge on any atom is 0.375 e. The molecule has 0 amide bonds. The molecule has 0 saturated carbocycles. The zero-order valence-corrected chi connectivity index (χ0v) is 11.4. The normalized spacial score (nSPS) is 10.6. The fraction of sp³-hybridized carbons (Fsp3) is 0.0667. The molecule has 3 rings (SSSR count). The molecule has 20 heavy (non-hydrogen) atoms. The molecule has 0 radical (unpaired) electrons. The summed E-state index contributed by atoms with van der Waals surface area (Å²) in [5, 5.41) is 0.178. The zero-order valence-electron chi connectivity index (χ0n) is 10.6. The largest absolute Gasteiger partial charge is 0.452 e. The average Bonchev–Trinajstić information content (AvgIpc) is 2.88. The lowest BCUT2D eigenvalue weighted by Gasteiger charge is -2.02. The number of benzene rings is 2. The first-order valence-electron chi connectivity index (χ1n) is 6.14. The molecule has 0 unspecified atom stereocenters. The summed E-state index contributed by atoms with van der Waals surface area (Å²) in [6.07, 6.45) is 0. The van der Waals surface area contributed by atoms with E-state index in [1.165, 1.54) is 0 Å². The first-order valence-corrected chi connectivity index (χ1v) is 6.96. The highest BCUT2D eigenvalue weighted by Gasteiger charge is 2.10. The maximum absolute atomic E-state index is 11.7. The van der Waals surface area contributed by atoms with E-state index >= 15 is 0 Å². The number of hydrogen-bond donors (Lipinski definition) is 1. The summed E-state index contributed by atoms with van der Waals surface area (Å²) in [5.41, 5.74) is 2.71. The van der Waals surface area contributed by atoms with Crippen LogP contribution < -0.4 is 0 Å². The van der Waals surface area contributed by atoms with Crippen LogP contribution in [0.15, 0.2) is 59.8 Å². The Morgan fingerprint density at radius 3 is 2.65 bits per heavy atom. The predicted octanol–water partition coefficient (Wildman–Crippen LogP) is 3.99. The quantitative estimate of drug-likeness (QED) is 0.583. The minimum atomic E-state index is -0.368. The monoisotopic (exact) mass is 284 g/mol. The molecule has 0 saturated heterocycles. The zero-order chi connectivity index (χ0) is 13.8. The lowest BCUT2D eigenvalue weighted by atomic mass is 10.2. The molecule has 1 heterocycles. The summed E-state index contributed by atoms with van der Waals surface area (Å²) in [5.74, 6) is 0. The number of imidazole rings is 1. The van der Waals surface area contributed by atoms with Gasteiger partial charge in [-0.2, -0.15) is 0 Å². The molecule has 0 fully saturated rings. The van der Waals surface area contributed by atoms with E-state index < -0.39 is 0 Å². The number of aromatic amines is 1. The maximum atomic E-state index is 11.7. The summed E-state index contributed by atoms with van der Waals surface area (Å²) in [4.78, 5) is 19.1. The number of rotatable bonds is 3. The third-order valence-electron chi connectivity index (χ3n) is 2.75. The molecule has 0 aliphatic heterocycles. The molecule has 3 aromatic rings. The van der Waals surface area contributed by atoms with Gasteiger partial charge in [0, 0.05) is 11.8 Å². The summed E-state index contributed by atoms with van der Waals surface area (Å²) in [6, 6.07) is 17.2. The van der Waals surface area contributed by atoms with Gasteiger partial charge in [-0.25, -0.2) is 9.78 Å². The molecular weight excluding hydrogens is 272 g/mol. The molecule has 1 aromatic heterocycles. The molecule has 4 nitrogen and oxygen atoms in total. The number of H-pyrrole nitrogens is 1. The van der Waals surface area contributed by atoms with Gasteiger partial charge in [-0.05, 0) is 17.7 Å². The van der Waals surface area contributed by atoms with Crippen LogP contribution in [0.5, 0.6) is 0 Å². The highest BCUT2D eigenvalue weighted by atomic mass is 32.2. The van der Waals surface area contributed by atoms with Crippen molar-refractivity contribution in [2.24, 2.45) is 0 Å². The van der Waals surface area contributed by atoms with Crippen molar-refractivity contribution in [2.45, 2.75) is 11.8 Å². The fourth-order valence-corrected chi connectivity index (χ4v) is 2.38. The second-order valence-corrected chi connectivity index (χ2v) is 5.11. The number of hydrogen-bond acceptors (Lipinski definition) is 4. The predicted molar refractivity (Wildman–Crippen MR) is 78.6 cm³/mol. The van der Waals surface area contributed by atoms with E-state index in [9.17, 15) is 4.79 Å². The van der Waals surface area contributed by atoms with Crippen LogP contribution in [0.3, 0.4) is 0 Å². The van der Waals surface area contributed by atoms with E-state index in [4.69, 9.17) is 4.74 Å². The van der Waals surface area contributed by atoms with Gasteiger partial charge < -0.3 is 9.72 Å². The first-order chi connectivity index (χ1) is 9.81. The Balaban J connectivity index is 1.61. The van der Waals surface area contributed by atoms with Crippen molar-refractivity contribution in [3.8, 4) is 0 Å². The molecule has 0 atom stereocenters. The first kappa shape index (κ1) is 12.7. The SMILES string of the molecule is O=C(OCc1ccccc1)Sc1nc2ccccc2[nH]1. The number of carbonyl (C=O) groups excluding carboxylic acids is 1. The Labute approximate surface area is 120 Å². The number of aromatic nitrogens is 2. The molecule has 0 aliphatic rings. The van der Waals surface area contributed by atoms with Crippen molar-refractivity contribution in [1.82, 2.24) is 9.97 Å². The van der Waals surface area contributed by atoms with Gasteiger partial charge >= 0.3 is 5.30 Å². The van der Waals surface area contributed by atoms with Crippen LogP contribution >= 0.6 is 11.8 Å². The van der Waals surface area contributed by atoms with Gasteiger partial charge in [-0.1, -0.05) is 42.5 Å². The van der Waals surface area contributed by atoms with Gasteiger partial charge in [-0.15, -0.1) is 0 Å². The van der Waals surface area contributed by atoms with E-state index in [1.807, 2.05) is 54.6 Å². The number of fused-ring (bicyclic) bond motifs is 1. The van der Waals surface area contributed by atoms with Crippen molar-refractivity contribution < 1.29 is 9.53 Å². The highest BCUT2D eigenvalue weighted by molar-refractivity contribution is 8.13. The Morgan fingerprint density at radius 1 is 1.10 bits per heavy atom. The number of ether oxygens (including phenoxy) is 1. The van der Waals surface area contributed by atoms with E-state index in [0.717, 1.165) is 28.4 Å². The van der Waals surface area contributed by atoms with Crippen molar-refractivity contribution in [3.05, 3.63) is 60.2 Å². The number of nitrogens with one attached hydrogen (secondary N) is 1. The number of nitrogens with zero attached hydrogens (tertiary/aromatic N) is 1. The Kier molecular flexibility index (Phi) is 3.69. The third kappa shape index (κ3) is 3.00. The van der Waals surface area contributed by atoms with E-state index in [2.05, 4.69) is 9.97 Å². The van der Waals surface area contributed by atoms with E-state index in [1.54, 1.807) is 0 Å². The topological polar surface area (TPSA) is 55.0 Å². The smallest absolute Gasteiger partial charge is 0.375 e. The average molecular weight is 284 g/mol. The molecule has 0 aliphatic carbocycles. The van der Waals surface area contributed by atoms with E-state index in [-0.39, 0.29) is 11.9 Å². The van der Waals surface area contributed by atoms with E-state index in [0.29, 0.717) is 5.16 Å². The second kappa shape index (κ2) is 5.79. The molecule has 2 aromatic carbocycles. The number of thioether (sulfide) groups is 1. The van der Waals surface area contributed by atoms with Crippen molar-refractivity contribution in [3.63, 3.8) is 0 Å². The van der Waals surface area contributed by atoms with Crippen LogP contribution in [0.1, 0.15) is 5.56 Å². The highest BCUT2D eigenvalue weighted by Crippen LogP contribution is 2.21. The van der Waals surface area contributed by atoms with Crippen molar-refractivity contribution in [2.75, 3.05) is 0 Å². The van der Waals surface area contributed by atoms with Gasteiger partial charge in [0.1, 0.15) is 6.61 Å². The Hall–Kier alpha value is -2.27. The van der Waals surface area contributed by atoms with Crippen LogP contribution in [-0.4, -0.2) is 15.3 Å². The van der Waals surface area contributed by atoms with Gasteiger partial charge in [-0.3, -0.25) is 0 Å². The lowest BCUT2D eigenvalue weighted by molar-refractivity contribution is 0.168. The molecule has 100 valence electrons. The summed E-state index contributed by atoms with van der Waals surface area (Å²) >= 11 is 0.961. The minimum absolute atomic E-state index is 0.271. The molecule has 1 N–H and O–H groups in total. The van der Waals surface area contributed by atoms with Gasteiger partial charge in [0.2, 0.25) is 0 Å². The molecule has 0 spiro atoms. The Bertz CT molecular complexity index is 692. The van der Waals surface area contributed by atoms with Crippen molar-refractivity contribution >= 4 is 28.1 Å². The third-order valence-corrected chi connectivity index (χ3v) is 3.42. The van der Waals surface area contributed by atoms with Crippen LogP contribution in [0.4, 0.5) is 4.79 Å². The molecule has 5 heteroatoms. The fourth-order valence-electron chi connectivity index (χ4n) is 1.80. The van der Waals surface area contributed by atoms with Crippen LogP contribution in [-0.2, 0) is 11.3 Å². The van der Waals surface area contributed by atoms with Crippen LogP contribution in [0.25, 0.3) is 11.0 Å². The summed E-state index contributed by atoms with van der Waals surface area (Å²) in [7, 11) is 0. The number of carbonyl (C=O) groups is 1. The Morgan fingerprint density at radius 2 is 1.85 bits per heavy atom. The summed E-state index contributed by atoms with van der Waals surface area (Å²) in [6.45, 7) is 0.271. The minimum Gasteiger partial charge on any atom is -0.452 e. The molecular formula is C15H12N2O2S. The molecule has 0 bridgehead atoms. The standard InChI is InChI=1S/C15H12N2O2S/c18-15(19-10-11-6-2-1-3-7-11)20-14-16-12-8-4-5-9-13(12)17-14/h1-9H,10H2,(H,16,17). The van der Waals surface area contributed by atoms with Gasteiger partial charge in [0.25, 0.3) is 0 Å².